The SMILES string of the molecule is O=C(O)CN(C1CCCC1)S(=O)(=O)N1CCCCCC1. The minimum atomic E-state index is -3.64. The molecule has 1 saturated carbocycles. The molecule has 2 rings (SSSR count). The van der Waals surface area contributed by atoms with E-state index in [1.807, 2.05) is 0 Å². The summed E-state index contributed by atoms with van der Waals surface area (Å²) in [5.74, 6) is -1.07. The molecule has 1 aliphatic heterocycles. The van der Waals surface area contributed by atoms with Crippen molar-refractivity contribution in [2.45, 2.75) is 57.4 Å². The van der Waals surface area contributed by atoms with Crippen molar-refractivity contribution in [2.24, 2.45) is 0 Å². The van der Waals surface area contributed by atoms with Gasteiger partial charge in [0.2, 0.25) is 0 Å². The number of aliphatic carboxylic acids is 1. The van der Waals surface area contributed by atoms with Gasteiger partial charge in [0, 0.05) is 19.1 Å². The minimum Gasteiger partial charge on any atom is -0.480 e. The monoisotopic (exact) mass is 304 g/mol. The van der Waals surface area contributed by atoms with Gasteiger partial charge in [-0.1, -0.05) is 25.7 Å². The Morgan fingerprint density at radius 1 is 1.05 bits per heavy atom. The van der Waals surface area contributed by atoms with Gasteiger partial charge in [-0.3, -0.25) is 4.79 Å². The topological polar surface area (TPSA) is 77.9 Å². The number of carboxylic acids is 1. The fraction of sp³-hybridized carbons (Fsp3) is 0.923. The van der Waals surface area contributed by atoms with Crippen LogP contribution in [0, 0.1) is 0 Å². The molecule has 0 aromatic rings. The highest BCUT2D eigenvalue weighted by molar-refractivity contribution is 7.86. The lowest BCUT2D eigenvalue weighted by atomic mass is 10.2. The van der Waals surface area contributed by atoms with Crippen molar-refractivity contribution in [3.05, 3.63) is 0 Å². The predicted molar refractivity (Wildman–Crippen MR) is 75.6 cm³/mol. The van der Waals surface area contributed by atoms with Gasteiger partial charge in [-0.05, 0) is 25.7 Å². The first kappa shape index (κ1) is 15.7. The summed E-state index contributed by atoms with van der Waals surface area (Å²) in [4.78, 5) is 11.0. The molecule has 0 radical (unpaired) electrons. The van der Waals surface area contributed by atoms with E-state index in [-0.39, 0.29) is 6.04 Å². The van der Waals surface area contributed by atoms with Crippen molar-refractivity contribution in [2.75, 3.05) is 19.6 Å². The lowest BCUT2D eigenvalue weighted by Gasteiger charge is -2.32. The minimum absolute atomic E-state index is 0.139. The maximum absolute atomic E-state index is 12.7. The molecule has 1 heterocycles. The molecule has 0 bridgehead atoms. The van der Waals surface area contributed by atoms with E-state index >= 15 is 0 Å². The van der Waals surface area contributed by atoms with Crippen molar-refractivity contribution in [1.29, 1.82) is 0 Å². The van der Waals surface area contributed by atoms with Gasteiger partial charge >= 0.3 is 5.97 Å². The highest BCUT2D eigenvalue weighted by Gasteiger charge is 2.37. The van der Waals surface area contributed by atoms with E-state index in [4.69, 9.17) is 5.11 Å². The molecule has 1 N–H and O–H groups in total. The summed E-state index contributed by atoms with van der Waals surface area (Å²) in [6, 6.07) is -0.139. The maximum atomic E-state index is 12.7. The van der Waals surface area contributed by atoms with Gasteiger partial charge in [0.1, 0.15) is 6.54 Å². The standard InChI is InChI=1S/C13H24N2O4S/c16-13(17)11-15(12-7-3-4-8-12)20(18,19)14-9-5-1-2-6-10-14/h12H,1-11H2,(H,16,17). The van der Waals surface area contributed by atoms with Crippen LogP contribution in [0.5, 0.6) is 0 Å². The lowest BCUT2D eigenvalue weighted by molar-refractivity contribution is -0.137. The molecular weight excluding hydrogens is 280 g/mol. The Balaban J connectivity index is 2.17. The van der Waals surface area contributed by atoms with Crippen LogP contribution in [0.1, 0.15) is 51.4 Å². The van der Waals surface area contributed by atoms with Gasteiger partial charge in [-0.2, -0.15) is 17.0 Å². The first-order chi connectivity index (χ1) is 9.51. The van der Waals surface area contributed by atoms with E-state index in [9.17, 15) is 13.2 Å². The van der Waals surface area contributed by atoms with Gasteiger partial charge in [-0.25, -0.2) is 0 Å². The third-order valence-corrected chi connectivity index (χ3v) is 6.25. The summed E-state index contributed by atoms with van der Waals surface area (Å²) in [7, 11) is -3.64. The zero-order chi connectivity index (χ0) is 14.6. The summed E-state index contributed by atoms with van der Waals surface area (Å²) in [5.41, 5.74) is 0. The zero-order valence-electron chi connectivity index (χ0n) is 11.8. The molecular formula is C13H24N2O4S. The number of nitrogens with zero attached hydrogens (tertiary/aromatic N) is 2. The molecule has 20 heavy (non-hydrogen) atoms. The van der Waals surface area contributed by atoms with E-state index < -0.39 is 22.7 Å². The second-order valence-electron chi connectivity index (χ2n) is 5.70. The summed E-state index contributed by atoms with van der Waals surface area (Å²) < 4.78 is 28.2. The molecule has 0 amide bonds. The van der Waals surface area contributed by atoms with Crippen molar-refractivity contribution >= 4 is 16.2 Å². The lowest BCUT2D eigenvalue weighted by Crippen LogP contribution is -2.50. The highest BCUT2D eigenvalue weighted by atomic mass is 32.2. The first-order valence-corrected chi connectivity index (χ1v) is 8.90. The van der Waals surface area contributed by atoms with E-state index in [1.165, 1.54) is 8.61 Å². The van der Waals surface area contributed by atoms with Gasteiger partial charge in [0.25, 0.3) is 10.2 Å². The number of hydrogen-bond acceptors (Lipinski definition) is 3. The van der Waals surface area contributed by atoms with E-state index in [0.717, 1.165) is 51.4 Å². The smallest absolute Gasteiger partial charge is 0.318 e. The van der Waals surface area contributed by atoms with Gasteiger partial charge in [0.05, 0.1) is 0 Å². The second-order valence-corrected chi connectivity index (χ2v) is 7.58. The fourth-order valence-corrected chi connectivity index (χ4v) is 5.02. The molecule has 6 nitrogen and oxygen atoms in total. The van der Waals surface area contributed by atoms with Gasteiger partial charge in [0.15, 0.2) is 0 Å². The third-order valence-electron chi connectivity index (χ3n) is 4.21. The summed E-state index contributed by atoms with van der Waals surface area (Å²) in [6.07, 6.45) is 7.35. The largest absolute Gasteiger partial charge is 0.480 e. The molecule has 1 aliphatic carbocycles. The molecule has 2 fully saturated rings. The Morgan fingerprint density at radius 3 is 2.10 bits per heavy atom. The van der Waals surface area contributed by atoms with Gasteiger partial charge < -0.3 is 5.11 Å². The van der Waals surface area contributed by atoms with Crippen molar-refractivity contribution in [1.82, 2.24) is 8.61 Å². The quantitative estimate of drug-likeness (QED) is 0.833. The average molecular weight is 304 g/mol. The van der Waals surface area contributed by atoms with Crippen LogP contribution in [0.4, 0.5) is 0 Å². The van der Waals surface area contributed by atoms with Crippen LogP contribution in [0.3, 0.4) is 0 Å². The second kappa shape index (κ2) is 6.87. The zero-order valence-corrected chi connectivity index (χ0v) is 12.6. The summed E-state index contributed by atoms with van der Waals surface area (Å²) >= 11 is 0. The number of carbonyl (C=O) groups is 1. The van der Waals surface area contributed by atoms with Crippen molar-refractivity contribution in [3.63, 3.8) is 0 Å². The van der Waals surface area contributed by atoms with Crippen LogP contribution < -0.4 is 0 Å². The van der Waals surface area contributed by atoms with Crippen LogP contribution in [0.15, 0.2) is 0 Å². The Bertz CT molecular complexity index is 424. The molecule has 7 heteroatoms. The third kappa shape index (κ3) is 3.71. The van der Waals surface area contributed by atoms with Crippen LogP contribution in [-0.2, 0) is 15.0 Å². The summed E-state index contributed by atoms with van der Waals surface area (Å²) in [6.45, 7) is 0.625. The van der Waals surface area contributed by atoms with Crippen molar-refractivity contribution in [3.8, 4) is 0 Å². The molecule has 0 spiro atoms. The molecule has 0 aromatic heterocycles. The molecule has 0 atom stereocenters. The number of rotatable bonds is 5. The molecule has 116 valence electrons. The highest BCUT2D eigenvalue weighted by Crippen LogP contribution is 2.27. The summed E-state index contributed by atoms with van der Waals surface area (Å²) in [5, 5.41) is 9.04. The molecule has 0 unspecified atom stereocenters. The number of carboxylic acid groups (broad SMARTS) is 1. The predicted octanol–water partition coefficient (Wildman–Crippen LogP) is 1.44. The Morgan fingerprint density at radius 2 is 1.60 bits per heavy atom. The maximum Gasteiger partial charge on any atom is 0.318 e. The van der Waals surface area contributed by atoms with E-state index in [1.54, 1.807) is 0 Å². The van der Waals surface area contributed by atoms with Crippen LogP contribution in [0.2, 0.25) is 0 Å². The average Bonchev–Trinajstić information content (AvgIpc) is 2.76. The van der Waals surface area contributed by atoms with Crippen LogP contribution in [0.25, 0.3) is 0 Å². The Kier molecular flexibility index (Phi) is 5.40. The molecule has 2 aliphatic rings. The van der Waals surface area contributed by atoms with E-state index in [0.29, 0.717) is 13.1 Å². The van der Waals surface area contributed by atoms with E-state index in [2.05, 4.69) is 0 Å². The van der Waals surface area contributed by atoms with Crippen LogP contribution >= 0.6 is 0 Å². The Hall–Kier alpha value is -0.660. The molecule has 0 aromatic carbocycles. The Labute approximate surface area is 120 Å². The number of hydrogen-bond donors (Lipinski definition) is 1. The van der Waals surface area contributed by atoms with Crippen LogP contribution in [-0.4, -0.2) is 53.8 Å². The normalized spacial score (nSPS) is 23.1. The van der Waals surface area contributed by atoms with Crippen molar-refractivity contribution < 1.29 is 18.3 Å². The molecule has 1 saturated heterocycles. The first-order valence-electron chi connectivity index (χ1n) is 7.50. The fourth-order valence-electron chi connectivity index (χ4n) is 3.15. The van der Waals surface area contributed by atoms with Gasteiger partial charge in [-0.15, -0.1) is 0 Å².